The Morgan fingerprint density at radius 2 is 2.29 bits per heavy atom. The number of nitrogens with zero attached hydrogens (tertiary/aromatic N) is 1. The summed E-state index contributed by atoms with van der Waals surface area (Å²) in [5.74, 6) is -0.945. The van der Waals surface area contributed by atoms with E-state index in [0.29, 0.717) is 0 Å². The van der Waals surface area contributed by atoms with Crippen molar-refractivity contribution in [3.05, 3.63) is 29.8 Å². The van der Waals surface area contributed by atoms with E-state index < -0.39 is 5.82 Å². The van der Waals surface area contributed by atoms with Crippen LogP contribution >= 0.6 is 0 Å². The van der Waals surface area contributed by atoms with Crippen LogP contribution in [0.25, 0.3) is 0 Å². The Kier molecular flexibility index (Phi) is 5.60. The third-order valence-corrected chi connectivity index (χ3v) is 2.64. The van der Waals surface area contributed by atoms with Crippen molar-refractivity contribution in [1.29, 1.82) is 0 Å². The highest BCUT2D eigenvalue weighted by Gasteiger charge is 2.13. The summed E-state index contributed by atoms with van der Waals surface area (Å²) in [4.78, 5) is 15.3. The molecule has 1 amide bonds. The van der Waals surface area contributed by atoms with Gasteiger partial charge in [-0.3, -0.25) is 9.78 Å². The van der Waals surface area contributed by atoms with Gasteiger partial charge < -0.3 is 5.32 Å². The lowest BCUT2D eigenvalue weighted by molar-refractivity contribution is 0.0933. The van der Waals surface area contributed by atoms with Crippen molar-refractivity contribution >= 4 is 5.91 Å². The second-order valence-electron chi connectivity index (χ2n) is 4.23. The fourth-order valence-corrected chi connectivity index (χ4v) is 1.63. The van der Waals surface area contributed by atoms with Gasteiger partial charge in [0.2, 0.25) is 0 Å². The van der Waals surface area contributed by atoms with Crippen LogP contribution in [-0.2, 0) is 0 Å². The molecule has 1 heterocycles. The number of amides is 1. The first-order chi connectivity index (χ1) is 8.15. The van der Waals surface area contributed by atoms with E-state index >= 15 is 0 Å². The van der Waals surface area contributed by atoms with Gasteiger partial charge in [0.05, 0.1) is 11.8 Å². The van der Waals surface area contributed by atoms with Crippen LogP contribution in [0.4, 0.5) is 4.39 Å². The van der Waals surface area contributed by atoms with E-state index in [-0.39, 0.29) is 17.5 Å². The third kappa shape index (κ3) is 4.51. The summed E-state index contributed by atoms with van der Waals surface area (Å²) in [6.45, 7) is 4.07. The molecule has 0 spiro atoms. The van der Waals surface area contributed by atoms with Gasteiger partial charge in [0.25, 0.3) is 5.91 Å². The minimum atomic E-state index is -0.578. The van der Waals surface area contributed by atoms with E-state index in [9.17, 15) is 9.18 Å². The molecule has 0 saturated heterocycles. The maximum Gasteiger partial charge on any atom is 0.254 e. The monoisotopic (exact) mass is 238 g/mol. The summed E-state index contributed by atoms with van der Waals surface area (Å²) >= 11 is 0. The molecule has 1 rings (SSSR count). The topological polar surface area (TPSA) is 42.0 Å². The molecule has 1 N–H and O–H groups in total. The minimum absolute atomic E-state index is 0.0577. The Morgan fingerprint density at radius 3 is 2.94 bits per heavy atom. The lowest BCUT2D eigenvalue weighted by Crippen LogP contribution is -2.33. The zero-order valence-electron chi connectivity index (χ0n) is 10.4. The third-order valence-electron chi connectivity index (χ3n) is 2.64. The van der Waals surface area contributed by atoms with Crippen LogP contribution < -0.4 is 5.32 Å². The summed E-state index contributed by atoms with van der Waals surface area (Å²) in [5.41, 5.74) is 0.0577. The van der Waals surface area contributed by atoms with Gasteiger partial charge in [-0.2, -0.15) is 0 Å². The number of unbranched alkanes of at least 4 members (excludes halogenated alkanes) is 2. The van der Waals surface area contributed by atoms with Crippen molar-refractivity contribution in [2.24, 2.45) is 0 Å². The molecular weight excluding hydrogens is 219 g/mol. The SMILES string of the molecule is CCCCCC(C)NC(=O)c1ccncc1F. The molecule has 0 saturated carbocycles. The van der Waals surface area contributed by atoms with E-state index in [1.165, 1.54) is 12.3 Å². The molecule has 0 aliphatic rings. The highest BCUT2D eigenvalue weighted by Crippen LogP contribution is 2.07. The van der Waals surface area contributed by atoms with E-state index in [0.717, 1.165) is 31.9 Å². The number of nitrogens with one attached hydrogen (secondary N) is 1. The second-order valence-corrected chi connectivity index (χ2v) is 4.23. The van der Waals surface area contributed by atoms with Crippen molar-refractivity contribution in [2.45, 2.75) is 45.6 Å². The van der Waals surface area contributed by atoms with Gasteiger partial charge in [0.1, 0.15) is 0 Å². The lowest BCUT2D eigenvalue weighted by Gasteiger charge is -2.13. The first-order valence-electron chi connectivity index (χ1n) is 6.05. The predicted octanol–water partition coefficient (Wildman–Crippen LogP) is 2.92. The number of hydrogen-bond donors (Lipinski definition) is 1. The Morgan fingerprint density at radius 1 is 1.53 bits per heavy atom. The lowest BCUT2D eigenvalue weighted by atomic mass is 10.1. The number of hydrogen-bond acceptors (Lipinski definition) is 2. The van der Waals surface area contributed by atoms with Crippen LogP contribution in [0.2, 0.25) is 0 Å². The highest BCUT2D eigenvalue weighted by atomic mass is 19.1. The van der Waals surface area contributed by atoms with E-state index in [1.54, 1.807) is 0 Å². The average molecular weight is 238 g/mol. The number of aromatic nitrogens is 1. The van der Waals surface area contributed by atoms with E-state index in [2.05, 4.69) is 17.2 Å². The molecule has 1 unspecified atom stereocenters. The summed E-state index contributed by atoms with van der Waals surface area (Å²) in [6, 6.07) is 1.46. The average Bonchev–Trinajstić information content (AvgIpc) is 2.29. The maximum atomic E-state index is 13.3. The first-order valence-corrected chi connectivity index (χ1v) is 6.05. The Hall–Kier alpha value is -1.45. The summed E-state index contributed by atoms with van der Waals surface area (Å²) in [7, 11) is 0. The fourth-order valence-electron chi connectivity index (χ4n) is 1.63. The molecule has 17 heavy (non-hydrogen) atoms. The molecule has 4 heteroatoms. The first kappa shape index (κ1) is 13.6. The van der Waals surface area contributed by atoms with Gasteiger partial charge in [-0.25, -0.2) is 4.39 Å². The van der Waals surface area contributed by atoms with Crippen molar-refractivity contribution in [3.63, 3.8) is 0 Å². The molecule has 0 fully saturated rings. The van der Waals surface area contributed by atoms with Gasteiger partial charge >= 0.3 is 0 Å². The van der Waals surface area contributed by atoms with Gasteiger partial charge in [0.15, 0.2) is 5.82 Å². The number of carbonyl (C=O) groups is 1. The molecule has 0 bridgehead atoms. The van der Waals surface area contributed by atoms with Crippen LogP contribution in [0.5, 0.6) is 0 Å². The maximum absolute atomic E-state index is 13.3. The molecule has 1 aromatic rings. The molecule has 0 aromatic carbocycles. The van der Waals surface area contributed by atoms with Crippen molar-refractivity contribution in [2.75, 3.05) is 0 Å². The van der Waals surface area contributed by atoms with Gasteiger partial charge in [-0.05, 0) is 19.4 Å². The molecule has 0 aliphatic heterocycles. The van der Waals surface area contributed by atoms with Crippen molar-refractivity contribution in [1.82, 2.24) is 10.3 Å². The highest BCUT2D eigenvalue weighted by molar-refractivity contribution is 5.94. The van der Waals surface area contributed by atoms with Crippen LogP contribution in [0.3, 0.4) is 0 Å². The van der Waals surface area contributed by atoms with Crippen molar-refractivity contribution < 1.29 is 9.18 Å². The smallest absolute Gasteiger partial charge is 0.254 e. The number of halogens is 1. The molecular formula is C13H19FN2O. The van der Waals surface area contributed by atoms with Gasteiger partial charge in [-0.1, -0.05) is 26.2 Å². The minimum Gasteiger partial charge on any atom is -0.349 e. The van der Waals surface area contributed by atoms with E-state index in [4.69, 9.17) is 0 Å². The molecule has 1 aromatic heterocycles. The molecule has 3 nitrogen and oxygen atoms in total. The largest absolute Gasteiger partial charge is 0.349 e. The Bertz CT molecular complexity index is 368. The van der Waals surface area contributed by atoms with Gasteiger partial charge in [0, 0.05) is 12.2 Å². The van der Waals surface area contributed by atoms with E-state index in [1.807, 2.05) is 6.92 Å². The van der Waals surface area contributed by atoms with Crippen molar-refractivity contribution in [3.8, 4) is 0 Å². The van der Waals surface area contributed by atoms with Crippen LogP contribution in [0.1, 0.15) is 49.9 Å². The number of rotatable bonds is 6. The van der Waals surface area contributed by atoms with Crippen LogP contribution in [0.15, 0.2) is 18.5 Å². The number of pyridine rings is 1. The summed E-state index contributed by atoms with van der Waals surface area (Å²) in [6.07, 6.45) is 6.78. The normalized spacial score (nSPS) is 12.2. The second kappa shape index (κ2) is 6.99. The zero-order chi connectivity index (χ0) is 12.7. The quantitative estimate of drug-likeness (QED) is 0.774. The fraction of sp³-hybridized carbons (Fsp3) is 0.538. The summed E-state index contributed by atoms with van der Waals surface area (Å²) in [5, 5.41) is 2.79. The summed E-state index contributed by atoms with van der Waals surface area (Å²) < 4.78 is 13.3. The predicted molar refractivity (Wildman–Crippen MR) is 65.3 cm³/mol. The molecule has 0 aliphatic carbocycles. The molecule has 1 atom stereocenters. The van der Waals surface area contributed by atoms with Crippen LogP contribution in [0, 0.1) is 5.82 Å². The van der Waals surface area contributed by atoms with Gasteiger partial charge in [-0.15, -0.1) is 0 Å². The van der Waals surface area contributed by atoms with Crippen LogP contribution in [-0.4, -0.2) is 16.9 Å². The zero-order valence-corrected chi connectivity index (χ0v) is 10.4. The Balaban J connectivity index is 2.46. The molecule has 94 valence electrons. The molecule has 0 radical (unpaired) electrons. The Labute approximate surface area is 101 Å². The number of carbonyl (C=O) groups excluding carboxylic acids is 1. The standard InChI is InChI=1S/C13H19FN2O/c1-3-4-5-6-10(2)16-13(17)11-7-8-15-9-12(11)14/h7-10H,3-6H2,1-2H3,(H,16,17).